The summed E-state index contributed by atoms with van der Waals surface area (Å²) in [6, 6.07) is 1.38. The second-order valence-electron chi connectivity index (χ2n) is 7.18. The lowest BCUT2D eigenvalue weighted by Crippen LogP contribution is -2.59. The number of nitrogens with zero attached hydrogens (tertiary/aromatic N) is 2. The average molecular weight is 267 g/mol. The molecule has 0 amide bonds. The Kier molecular flexibility index (Phi) is 4.91. The average Bonchev–Trinajstić information content (AvgIpc) is 2.84. The Morgan fingerprint density at radius 2 is 2.00 bits per heavy atom. The number of rotatable bonds is 4. The maximum Gasteiger partial charge on any atom is 0.0470 e. The lowest BCUT2D eigenvalue weighted by atomic mass is 9.82. The third-order valence-electron chi connectivity index (χ3n) is 5.78. The van der Waals surface area contributed by atoms with Gasteiger partial charge in [0.2, 0.25) is 0 Å². The van der Waals surface area contributed by atoms with Crippen LogP contribution in [0, 0.1) is 5.92 Å². The highest BCUT2D eigenvalue weighted by Crippen LogP contribution is 2.35. The zero-order valence-electron chi connectivity index (χ0n) is 13.4. The maximum atomic E-state index is 6.22. The van der Waals surface area contributed by atoms with E-state index < -0.39 is 0 Å². The number of nitrogens with two attached hydrogens (primary N) is 1. The normalized spacial score (nSPS) is 37.4. The van der Waals surface area contributed by atoms with Crippen LogP contribution in [0.25, 0.3) is 0 Å². The van der Waals surface area contributed by atoms with Gasteiger partial charge in [0.25, 0.3) is 0 Å². The molecule has 1 aliphatic heterocycles. The monoisotopic (exact) mass is 267 g/mol. The Labute approximate surface area is 119 Å². The van der Waals surface area contributed by atoms with Crippen molar-refractivity contribution in [2.75, 3.05) is 26.7 Å². The third-order valence-corrected chi connectivity index (χ3v) is 5.78. The molecule has 2 aliphatic rings. The van der Waals surface area contributed by atoms with E-state index in [1.807, 2.05) is 0 Å². The molecule has 3 nitrogen and oxygen atoms in total. The zero-order valence-corrected chi connectivity index (χ0v) is 13.4. The summed E-state index contributed by atoms with van der Waals surface area (Å²) in [5, 5.41) is 0. The summed E-state index contributed by atoms with van der Waals surface area (Å²) < 4.78 is 0. The highest BCUT2D eigenvalue weighted by Gasteiger charge is 2.44. The molecule has 0 bridgehead atoms. The highest BCUT2D eigenvalue weighted by atomic mass is 15.3. The van der Waals surface area contributed by atoms with Crippen LogP contribution in [0.15, 0.2) is 0 Å². The van der Waals surface area contributed by atoms with Crippen molar-refractivity contribution < 1.29 is 0 Å². The van der Waals surface area contributed by atoms with Crippen LogP contribution in [0.4, 0.5) is 0 Å². The van der Waals surface area contributed by atoms with E-state index in [0.29, 0.717) is 6.04 Å². The molecule has 1 saturated heterocycles. The van der Waals surface area contributed by atoms with E-state index in [1.165, 1.54) is 38.6 Å². The van der Waals surface area contributed by atoms with Crippen LogP contribution in [-0.2, 0) is 0 Å². The standard InChI is InChI=1S/C16H33N3/c1-13(2)19-10-9-16(11-17,12-19)18(4)15-8-6-5-7-14(15)3/h13-15H,5-12,17H2,1-4H3. The zero-order chi connectivity index (χ0) is 14.0. The first-order valence-corrected chi connectivity index (χ1v) is 8.17. The van der Waals surface area contributed by atoms with E-state index in [9.17, 15) is 0 Å². The Balaban J connectivity index is 2.08. The molecule has 2 N–H and O–H groups in total. The third kappa shape index (κ3) is 2.98. The van der Waals surface area contributed by atoms with Crippen LogP contribution >= 0.6 is 0 Å². The molecule has 2 rings (SSSR count). The smallest absolute Gasteiger partial charge is 0.0470 e. The molecule has 2 fully saturated rings. The molecule has 0 aromatic rings. The van der Waals surface area contributed by atoms with Gasteiger partial charge in [-0.2, -0.15) is 0 Å². The molecule has 3 atom stereocenters. The summed E-state index contributed by atoms with van der Waals surface area (Å²) in [5.41, 5.74) is 6.44. The maximum absolute atomic E-state index is 6.22. The van der Waals surface area contributed by atoms with Gasteiger partial charge in [-0.25, -0.2) is 0 Å². The van der Waals surface area contributed by atoms with Crippen molar-refractivity contribution in [2.24, 2.45) is 11.7 Å². The van der Waals surface area contributed by atoms with E-state index >= 15 is 0 Å². The largest absolute Gasteiger partial charge is 0.329 e. The number of hydrogen-bond donors (Lipinski definition) is 1. The molecule has 1 saturated carbocycles. The van der Waals surface area contributed by atoms with Gasteiger partial charge in [-0.3, -0.25) is 9.80 Å². The van der Waals surface area contributed by atoms with E-state index in [2.05, 4.69) is 37.6 Å². The van der Waals surface area contributed by atoms with Crippen LogP contribution in [0.1, 0.15) is 52.9 Å². The van der Waals surface area contributed by atoms with Gasteiger partial charge >= 0.3 is 0 Å². The van der Waals surface area contributed by atoms with Crippen molar-refractivity contribution in [2.45, 2.75) is 70.5 Å². The number of hydrogen-bond acceptors (Lipinski definition) is 3. The summed E-state index contributed by atoms with van der Waals surface area (Å²) in [6.45, 7) is 10.2. The SMILES string of the molecule is CC1CCCCC1N(C)C1(CN)CCN(C(C)C)C1. The fourth-order valence-corrected chi connectivity index (χ4v) is 4.15. The number of likely N-dealkylation sites (N-methyl/N-ethyl adjacent to an activating group) is 1. The van der Waals surface area contributed by atoms with Crippen molar-refractivity contribution in [1.29, 1.82) is 0 Å². The molecule has 3 heteroatoms. The van der Waals surface area contributed by atoms with E-state index in [4.69, 9.17) is 5.73 Å². The Morgan fingerprint density at radius 1 is 1.32 bits per heavy atom. The molecular weight excluding hydrogens is 234 g/mol. The predicted molar refractivity (Wildman–Crippen MR) is 82.3 cm³/mol. The van der Waals surface area contributed by atoms with Gasteiger partial charge in [-0.15, -0.1) is 0 Å². The van der Waals surface area contributed by atoms with Gasteiger partial charge in [-0.1, -0.05) is 19.8 Å². The first-order chi connectivity index (χ1) is 9.00. The molecule has 112 valence electrons. The van der Waals surface area contributed by atoms with Crippen molar-refractivity contribution in [3.63, 3.8) is 0 Å². The fourth-order valence-electron chi connectivity index (χ4n) is 4.15. The minimum absolute atomic E-state index is 0.223. The minimum atomic E-state index is 0.223. The molecule has 3 unspecified atom stereocenters. The molecule has 0 spiro atoms. The van der Waals surface area contributed by atoms with Gasteiger partial charge in [0.15, 0.2) is 0 Å². The van der Waals surface area contributed by atoms with E-state index in [1.54, 1.807) is 0 Å². The number of likely N-dealkylation sites (tertiary alicyclic amines) is 1. The molecule has 0 radical (unpaired) electrons. The van der Waals surface area contributed by atoms with Crippen LogP contribution in [0.3, 0.4) is 0 Å². The second kappa shape index (κ2) is 6.11. The highest BCUT2D eigenvalue weighted by molar-refractivity contribution is 5.02. The van der Waals surface area contributed by atoms with Crippen LogP contribution in [0.2, 0.25) is 0 Å². The van der Waals surface area contributed by atoms with Gasteiger partial charge in [-0.05, 0) is 46.1 Å². The Hall–Kier alpha value is -0.120. The Bertz CT molecular complexity index is 292. The first kappa shape index (κ1) is 15.3. The molecule has 1 aliphatic carbocycles. The van der Waals surface area contributed by atoms with Crippen molar-refractivity contribution in [1.82, 2.24) is 9.80 Å². The van der Waals surface area contributed by atoms with Crippen molar-refractivity contribution >= 4 is 0 Å². The topological polar surface area (TPSA) is 32.5 Å². The van der Waals surface area contributed by atoms with Crippen molar-refractivity contribution in [3.05, 3.63) is 0 Å². The van der Waals surface area contributed by atoms with Crippen LogP contribution in [0.5, 0.6) is 0 Å². The first-order valence-electron chi connectivity index (χ1n) is 8.17. The molecule has 1 heterocycles. The van der Waals surface area contributed by atoms with Crippen molar-refractivity contribution in [3.8, 4) is 0 Å². The van der Waals surface area contributed by atoms with Gasteiger partial charge in [0.05, 0.1) is 0 Å². The quantitative estimate of drug-likeness (QED) is 0.848. The molecule has 0 aromatic heterocycles. The molecule has 19 heavy (non-hydrogen) atoms. The van der Waals surface area contributed by atoms with Gasteiger partial charge in [0, 0.05) is 37.3 Å². The summed E-state index contributed by atoms with van der Waals surface area (Å²) in [5.74, 6) is 0.829. The second-order valence-corrected chi connectivity index (χ2v) is 7.18. The van der Waals surface area contributed by atoms with E-state index in [0.717, 1.165) is 25.0 Å². The fraction of sp³-hybridized carbons (Fsp3) is 1.00. The van der Waals surface area contributed by atoms with Crippen LogP contribution in [-0.4, -0.2) is 54.1 Å². The lowest BCUT2D eigenvalue weighted by molar-refractivity contribution is 0.0341. The Morgan fingerprint density at radius 3 is 2.53 bits per heavy atom. The predicted octanol–water partition coefficient (Wildman–Crippen LogP) is 2.31. The molecular formula is C16H33N3. The minimum Gasteiger partial charge on any atom is -0.329 e. The lowest BCUT2D eigenvalue weighted by Gasteiger charge is -2.47. The summed E-state index contributed by atoms with van der Waals surface area (Å²) in [7, 11) is 2.34. The summed E-state index contributed by atoms with van der Waals surface area (Å²) in [6.07, 6.45) is 6.80. The summed E-state index contributed by atoms with van der Waals surface area (Å²) in [4.78, 5) is 5.26. The summed E-state index contributed by atoms with van der Waals surface area (Å²) >= 11 is 0. The molecule has 0 aromatic carbocycles. The van der Waals surface area contributed by atoms with E-state index in [-0.39, 0.29) is 5.54 Å². The van der Waals surface area contributed by atoms with Gasteiger partial charge < -0.3 is 5.73 Å². The van der Waals surface area contributed by atoms with Gasteiger partial charge in [0.1, 0.15) is 0 Å². The van der Waals surface area contributed by atoms with Crippen LogP contribution < -0.4 is 5.73 Å².